The number of nitrogens with zero attached hydrogens (tertiary/aromatic N) is 3. The SMILES string of the molecule is CC(O)N1c2ccc(N(C)C)cc2SC2CC(N(C)C)CCC21. The Morgan fingerprint density at radius 3 is 2.57 bits per heavy atom. The number of thioether (sulfide) groups is 1. The molecule has 1 saturated carbocycles. The molecule has 128 valence electrons. The Balaban J connectivity index is 1.95. The Morgan fingerprint density at radius 2 is 1.96 bits per heavy atom. The highest BCUT2D eigenvalue weighted by atomic mass is 32.2. The number of hydrogen-bond acceptors (Lipinski definition) is 5. The molecule has 4 unspecified atom stereocenters. The van der Waals surface area contributed by atoms with Crippen LogP contribution in [0.2, 0.25) is 0 Å². The minimum Gasteiger partial charge on any atom is -0.378 e. The van der Waals surface area contributed by atoms with Crippen LogP contribution in [0.3, 0.4) is 0 Å². The molecule has 1 heterocycles. The van der Waals surface area contributed by atoms with Gasteiger partial charge in [0.1, 0.15) is 6.23 Å². The summed E-state index contributed by atoms with van der Waals surface area (Å²) >= 11 is 2.01. The van der Waals surface area contributed by atoms with Gasteiger partial charge in [-0.2, -0.15) is 0 Å². The van der Waals surface area contributed by atoms with Gasteiger partial charge in [0.15, 0.2) is 0 Å². The summed E-state index contributed by atoms with van der Waals surface area (Å²) in [5, 5.41) is 11.0. The van der Waals surface area contributed by atoms with Crippen LogP contribution in [0.4, 0.5) is 11.4 Å². The van der Waals surface area contributed by atoms with Crippen molar-refractivity contribution in [3.8, 4) is 0 Å². The lowest BCUT2D eigenvalue weighted by Gasteiger charge is -2.49. The Morgan fingerprint density at radius 1 is 1.22 bits per heavy atom. The van der Waals surface area contributed by atoms with Gasteiger partial charge < -0.3 is 19.8 Å². The highest BCUT2D eigenvalue weighted by molar-refractivity contribution is 8.00. The number of aliphatic hydroxyl groups is 1. The molecule has 3 rings (SSSR count). The third kappa shape index (κ3) is 3.19. The van der Waals surface area contributed by atoms with Crippen molar-refractivity contribution in [2.45, 2.75) is 54.6 Å². The van der Waals surface area contributed by atoms with E-state index in [0.29, 0.717) is 17.3 Å². The van der Waals surface area contributed by atoms with Gasteiger partial charge in [0.25, 0.3) is 0 Å². The summed E-state index contributed by atoms with van der Waals surface area (Å²) in [6, 6.07) is 7.69. The van der Waals surface area contributed by atoms with Gasteiger partial charge in [-0.25, -0.2) is 0 Å². The first-order valence-electron chi connectivity index (χ1n) is 8.49. The fourth-order valence-electron chi connectivity index (χ4n) is 3.91. The molecular formula is C18H29N3OS. The average molecular weight is 336 g/mol. The van der Waals surface area contributed by atoms with Crippen molar-refractivity contribution in [2.24, 2.45) is 0 Å². The van der Waals surface area contributed by atoms with E-state index >= 15 is 0 Å². The standard InChI is InChI=1S/C18H29N3OS/c1-12(22)21-15-8-6-13(19(2)3)10-17(15)23-18-11-14(20(4)5)7-9-16(18)21/h6,8,10,12,14,16,18,22H,7,9,11H2,1-5H3. The molecule has 1 aliphatic heterocycles. The van der Waals surface area contributed by atoms with E-state index in [4.69, 9.17) is 0 Å². The lowest BCUT2D eigenvalue weighted by atomic mass is 9.88. The zero-order chi connectivity index (χ0) is 16.7. The molecule has 4 atom stereocenters. The number of anilines is 2. The van der Waals surface area contributed by atoms with Crippen molar-refractivity contribution in [3.05, 3.63) is 18.2 Å². The van der Waals surface area contributed by atoms with E-state index in [1.165, 1.54) is 29.1 Å². The zero-order valence-corrected chi connectivity index (χ0v) is 15.7. The van der Waals surface area contributed by atoms with Crippen molar-refractivity contribution >= 4 is 23.1 Å². The van der Waals surface area contributed by atoms with Crippen molar-refractivity contribution in [1.29, 1.82) is 0 Å². The van der Waals surface area contributed by atoms with E-state index in [9.17, 15) is 5.11 Å². The molecule has 0 spiro atoms. The molecule has 4 nitrogen and oxygen atoms in total. The lowest BCUT2D eigenvalue weighted by Crippen LogP contribution is -2.54. The quantitative estimate of drug-likeness (QED) is 0.918. The van der Waals surface area contributed by atoms with Crippen LogP contribution in [-0.2, 0) is 0 Å². The van der Waals surface area contributed by atoms with E-state index in [0.717, 1.165) is 6.42 Å². The summed E-state index contributed by atoms with van der Waals surface area (Å²) in [5.74, 6) is 0. The van der Waals surface area contributed by atoms with Crippen LogP contribution in [0, 0.1) is 0 Å². The maximum atomic E-state index is 10.4. The largest absolute Gasteiger partial charge is 0.378 e. The number of benzene rings is 1. The first-order valence-corrected chi connectivity index (χ1v) is 9.37. The molecule has 1 N–H and O–H groups in total. The molecule has 0 bridgehead atoms. The molecule has 1 aliphatic carbocycles. The van der Waals surface area contributed by atoms with Crippen LogP contribution < -0.4 is 9.80 Å². The molecule has 2 aliphatic rings. The maximum absolute atomic E-state index is 10.4. The summed E-state index contributed by atoms with van der Waals surface area (Å²) in [6.45, 7) is 1.90. The molecule has 1 aromatic rings. The minimum absolute atomic E-state index is 0.439. The topological polar surface area (TPSA) is 30.0 Å². The minimum atomic E-state index is -0.441. The fourth-order valence-corrected chi connectivity index (χ4v) is 5.47. The molecular weight excluding hydrogens is 306 g/mol. The zero-order valence-electron chi connectivity index (χ0n) is 14.9. The summed E-state index contributed by atoms with van der Waals surface area (Å²) in [6.07, 6.45) is 3.11. The van der Waals surface area contributed by atoms with E-state index in [-0.39, 0.29) is 0 Å². The molecule has 1 aromatic carbocycles. The Kier molecular flexibility index (Phi) is 4.81. The second-order valence-electron chi connectivity index (χ2n) is 7.24. The van der Waals surface area contributed by atoms with Crippen molar-refractivity contribution in [1.82, 2.24) is 4.90 Å². The monoisotopic (exact) mass is 335 g/mol. The summed E-state index contributed by atoms with van der Waals surface area (Å²) in [7, 11) is 8.52. The van der Waals surface area contributed by atoms with Gasteiger partial charge in [-0.3, -0.25) is 0 Å². The molecule has 0 radical (unpaired) electrons. The van der Waals surface area contributed by atoms with Crippen molar-refractivity contribution in [3.63, 3.8) is 0 Å². The predicted octanol–water partition coefficient (Wildman–Crippen LogP) is 2.85. The number of aliphatic hydroxyl groups excluding tert-OH is 1. The van der Waals surface area contributed by atoms with E-state index in [1.54, 1.807) is 0 Å². The fraction of sp³-hybridized carbons (Fsp3) is 0.667. The molecule has 1 fully saturated rings. The van der Waals surface area contributed by atoms with E-state index < -0.39 is 6.23 Å². The second kappa shape index (κ2) is 6.54. The molecule has 23 heavy (non-hydrogen) atoms. The lowest BCUT2D eigenvalue weighted by molar-refractivity contribution is 0.152. The maximum Gasteiger partial charge on any atom is 0.124 e. The first kappa shape index (κ1) is 16.9. The third-order valence-electron chi connectivity index (χ3n) is 5.24. The molecule has 5 heteroatoms. The first-order chi connectivity index (χ1) is 10.9. The van der Waals surface area contributed by atoms with Crippen LogP contribution in [-0.4, -0.2) is 61.8 Å². The number of hydrogen-bond donors (Lipinski definition) is 1. The van der Waals surface area contributed by atoms with Gasteiger partial charge >= 0.3 is 0 Å². The molecule has 0 aromatic heterocycles. The summed E-state index contributed by atoms with van der Waals surface area (Å²) in [4.78, 5) is 8.05. The van der Waals surface area contributed by atoms with Gasteiger partial charge in [0.05, 0.1) is 5.69 Å². The average Bonchev–Trinajstić information content (AvgIpc) is 2.50. The Labute approximate surface area is 144 Å². The van der Waals surface area contributed by atoms with Gasteiger partial charge in [-0.1, -0.05) is 0 Å². The van der Waals surface area contributed by atoms with Crippen LogP contribution in [0.25, 0.3) is 0 Å². The van der Waals surface area contributed by atoms with Gasteiger partial charge in [-0.15, -0.1) is 11.8 Å². The van der Waals surface area contributed by atoms with Gasteiger partial charge in [0, 0.05) is 42.0 Å². The van der Waals surface area contributed by atoms with E-state index in [2.05, 4.69) is 61.1 Å². The van der Waals surface area contributed by atoms with Crippen molar-refractivity contribution in [2.75, 3.05) is 38.0 Å². The smallest absolute Gasteiger partial charge is 0.124 e. The predicted molar refractivity (Wildman–Crippen MR) is 99.7 cm³/mol. The highest BCUT2D eigenvalue weighted by Gasteiger charge is 2.41. The van der Waals surface area contributed by atoms with Crippen LogP contribution >= 0.6 is 11.8 Å². The third-order valence-corrected chi connectivity index (χ3v) is 6.63. The highest BCUT2D eigenvalue weighted by Crippen LogP contribution is 2.48. The van der Waals surface area contributed by atoms with Crippen LogP contribution in [0.15, 0.2) is 23.1 Å². The van der Waals surface area contributed by atoms with Crippen molar-refractivity contribution < 1.29 is 5.11 Å². The summed E-state index contributed by atoms with van der Waals surface area (Å²) in [5.41, 5.74) is 2.42. The summed E-state index contributed by atoms with van der Waals surface area (Å²) < 4.78 is 0. The number of fused-ring (bicyclic) bond motifs is 2. The van der Waals surface area contributed by atoms with Gasteiger partial charge in [0.2, 0.25) is 0 Å². The number of rotatable bonds is 3. The van der Waals surface area contributed by atoms with Crippen LogP contribution in [0.5, 0.6) is 0 Å². The van der Waals surface area contributed by atoms with Gasteiger partial charge in [-0.05, 0) is 58.5 Å². The Bertz CT molecular complexity index is 561. The molecule has 0 amide bonds. The second-order valence-corrected chi connectivity index (χ2v) is 8.52. The van der Waals surface area contributed by atoms with E-state index in [1.807, 2.05) is 18.7 Å². The Hall–Kier alpha value is -0.910. The van der Waals surface area contributed by atoms with Crippen LogP contribution in [0.1, 0.15) is 26.2 Å². The normalized spacial score (nSPS) is 28.3. The molecule has 0 saturated heterocycles.